The molecule has 0 bridgehead atoms. The number of amides is 2. The molecule has 3 rings (SSSR count). The molecule has 2 aromatic rings. The minimum atomic E-state index is -0.0157. The smallest absolute Gasteiger partial charge is 0.251 e. The maximum Gasteiger partial charge on any atom is 0.251 e. The summed E-state index contributed by atoms with van der Waals surface area (Å²) in [5, 5.41) is 6.70. The molecule has 28 heavy (non-hydrogen) atoms. The number of nitrogens with zero attached hydrogens (tertiary/aromatic N) is 1. The van der Waals surface area contributed by atoms with Gasteiger partial charge in [-0.25, -0.2) is 0 Å². The van der Waals surface area contributed by atoms with E-state index in [0.717, 1.165) is 38.0 Å². The van der Waals surface area contributed by atoms with Gasteiger partial charge >= 0.3 is 0 Å². The summed E-state index contributed by atoms with van der Waals surface area (Å²) in [5.41, 5.74) is 1.62. The number of piperidine rings is 1. The van der Waals surface area contributed by atoms with Crippen LogP contribution in [0.3, 0.4) is 0 Å². The Kier molecular flexibility index (Phi) is 7.46. The Balaban J connectivity index is 1.33. The van der Waals surface area contributed by atoms with Crippen molar-refractivity contribution >= 4 is 23.4 Å². The molecular weight excluding hydrogens is 374 g/mol. The molecule has 148 valence electrons. The molecule has 1 saturated heterocycles. The third kappa shape index (κ3) is 6.08. The van der Waals surface area contributed by atoms with Crippen molar-refractivity contribution in [3.63, 3.8) is 0 Å². The van der Waals surface area contributed by atoms with Crippen LogP contribution in [0, 0.1) is 0 Å². The van der Waals surface area contributed by atoms with Crippen LogP contribution in [0.25, 0.3) is 0 Å². The zero-order chi connectivity index (χ0) is 19.8. The number of nitrogens with one attached hydrogen (secondary N) is 2. The highest BCUT2D eigenvalue weighted by Crippen LogP contribution is 2.15. The van der Waals surface area contributed by atoms with E-state index in [1.54, 1.807) is 0 Å². The summed E-state index contributed by atoms with van der Waals surface area (Å²) in [6.45, 7) is 2.95. The van der Waals surface area contributed by atoms with Crippen LogP contribution in [0.15, 0.2) is 54.6 Å². The molecular formula is C22H26ClN3O2. The van der Waals surface area contributed by atoms with E-state index in [1.807, 2.05) is 54.6 Å². The fraction of sp³-hybridized carbons (Fsp3) is 0.364. The number of halogens is 1. The number of likely N-dealkylation sites (tertiary alicyclic amines) is 1. The summed E-state index contributed by atoms with van der Waals surface area (Å²) in [7, 11) is 0. The maximum atomic E-state index is 12.2. The van der Waals surface area contributed by atoms with Crippen molar-refractivity contribution in [3.05, 3.63) is 70.7 Å². The molecule has 0 atom stereocenters. The van der Waals surface area contributed by atoms with Crippen molar-refractivity contribution < 1.29 is 9.59 Å². The SMILES string of the molecule is O=C(CCN1CCC(NC(=O)c2ccccc2)CC1)NCc1ccccc1Cl. The fourth-order valence-electron chi connectivity index (χ4n) is 3.34. The Morgan fingerprint density at radius 1 is 1.00 bits per heavy atom. The van der Waals surface area contributed by atoms with Gasteiger partial charge in [0.05, 0.1) is 0 Å². The highest BCUT2D eigenvalue weighted by molar-refractivity contribution is 6.31. The van der Waals surface area contributed by atoms with Gasteiger partial charge in [0, 0.05) is 49.2 Å². The molecule has 2 N–H and O–H groups in total. The number of benzene rings is 2. The largest absolute Gasteiger partial charge is 0.352 e. The summed E-state index contributed by atoms with van der Waals surface area (Å²) in [4.78, 5) is 26.6. The standard InChI is InChI=1S/C22H26ClN3O2/c23-20-9-5-4-8-18(20)16-24-21(27)12-15-26-13-10-19(11-14-26)25-22(28)17-6-2-1-3-7-17/h1-9,19H,10-16H2,(H,24,27)(H,25,28). The van der Waals surface area contributed by atoms with Crippen molar-refractivity contribution in [3.8, 4) is 0 Å². The van der Waals surface area contributed by atoms with Crippen LogP contribution in [0.1, 0.15) is 35.2 Å². The van der Waals surface area contributed by atoms with E-state index < -0.39 is 0 Å². The van der Waals surface area contributed by atoms with Crippen molar-refractivity contribution in [1.29, 1.82) is 0 Å². The molecule has 0 radical (unpaired) electrons. The van der Waals surface area contributed by atoms with Gasteiger partial charge in [0.25, 0.3) is 5.91 Å². The van der Waals surface area contributed by atoms with Crippen LogP contribution in [0.2, 0.25) is 5.02 Å². The molecule has 1 heterocycles. The number of rotatable bonds is 7. The monoisotopic (exact) mass is 399 g/mol. The minimum absolute atomic E-state index is 0.0157. The van der Waals surface area contributed by atoms with E-state index >= 15 is 0 Å². The van der Waals surface area contributed by atoms with Crippen LogP contribution in [0.4, 0.5) is 0 Å². The fourth-order valence-corrected chi connectivity index (χ4v) is 3.55. The van der Waals surface area contributed by atoms with Crippen molar-refractivity contribution in [2.24, 2.45) is 0 Å². The number of carbonyl (C=O) groups excluding carboxylic acids is 2. The quantitative estimate of drug-likeness (QED) is 0.751. The zero-order valence-electron chi connectivity index (χ0n) is 15.9. The third-order valence-electron chi connectivity index (χ3n) is 5.05. The van der Waals surface area contributed by atoms with E-state index in [0.29, 0.717) is 23.6 Å². The summed E-state index contributed by atoms with van der Waals surface area (Å²) in [6.07, 6.45) is 2.27. The molecule has 0 saturated carbocycles. The van der Waals surface area contributed by atoms with Crippen molar-refractivity contribution in [1.82, 2.24) is 15.5 Å². The number of hydrogen-bond acceptors (Lipinski definition) is 3. The molecule has 6 heteroatoms. The molecule has 5 nitrogen and oxygen atoms in total. The molecule has 1 fully saturated rings. The van der Waals surface area contributed by atoms with E-state index in [4.69, 9.17) is 11.6 Å². The second-order valence-corrected chi connectivity index (χ2v) is 7.48. The van der Waals surface area contributed by atoms with Gasteiger partial charge in [0.15, 0.2) is 0 Å². The van der Waals surface area contributed by atoms with Gasteiger partial charge in [-0.05, 0) is 36.6 Å². The van der Waals surface area contributed by atoms with E-state index in [-0.39, 0.29) is 17.9 Å². The second-order valence-electron chi connectivity index (χ2n) is 7.07. The zero-order valence-corrected chi connectivity index (χ0v) is 16.6. The Bertz CT molecular complexity index is 789. The number of carbonyl (C=O) groups is 2. The molecule has 2 aromatic carbocycles. The highest BCUT2D eigenvalue weighted by Gasteiger charge is 2.21. The highest BCUT2D eigenvalue weighted by atomic mass is 35.5. The minimum Gasteiger partial charge on any atom is -0.352 e. The third-order valence-corrected chi connectivity index (χ3v) is 5.42. The lowest BCUT2D eigenvalue weighted by molar-refractivity contribution is -0.121. The first kappa shape index (κ1) is 20.4. The molecule has 0 unspecified atom stereocenters. The van der Waals surface area contributed by atoms with Crippen LogP contribution in [0.5, 0.6) is 0 Å². The first-order chi connectivity index (χ1) is 13.6. The first-order valence-corrected chi connectivity index (χ1v) is 10.1. The molecule has 0 aliphatic carbocycles. The molecule has 1 aliphatic rings. The number of hydrogen-bond donors (Lipinski definition) is 2. The normalized spacial score (nSPS) is 15.2. The van der Waals surface area contributed by atoms with Gasteiger partial charge in [-0.2, -0.15) is 0 Å². The van der Waals surface area contributed by atoms with Crippen molar-refractivity contribution in [2.45, 2.75) is 31.8 Å². The average Bonchev–Trinajstić information content (AvgIpc) is 2.73. The van der Waals surface area contributed by atoms with Crippen LogP contribution < -0.4 is 10.6 Å². The summed E-state index contributed by atoms with van der Waals surface area (Å²) < 4.78 is 0. The Hall–Kier alpha value is -2.37. The van der Waals surface area contributed by atoms with Crippen LogP contribution >= 0.6 is 11.6 Å². The summed E-state index contributed by atoms with van der Waals surface area (Å²) >= 11 is 6.11. The summed E-state index contributed by atoms with van der Waals surface area (Å²) in [6, 6.07) is 17.0. The predicted molar refractivity (Wildman–Crippen MR) is 111 cm³/mol. The summed E-state index contributed by atoms with van der Waals surface area (Å²) in [5.74, 6) is 0.0115. The van der Waals surface area contributed by atoms with Gasteiger partial charge in [0.2, 0.25) is 5.91 Å². The Labute approximate surface area is 171 Å². The van der Waals surface area contributed by atoms with Gasteiger partial charge < -0.3 is 15.5 Å². The van der Waals surface area contributed by atoms with Crippen molar-refractivity contribution in [2.75, 3.05) is 19.6 Å². The van der Waals surface area contributed by atoms with E-state index in [1.165, 1.54) is 0 Å². The van der Waals surface area contributed by atoms with Gasteiger partial charge in [-0.1, -0.05) is 48.0 Å². The molecule has 0 spiro atoms. The van der Waals surface area contributed by atoms with Gasteiger partial charge in [-0.3, -0.25) is 9.59 Å². The van der Waals surface area contributed by atoms with E-state index in [2.05, 4.69) is 15.5 Å². The van der Waals surface area contributed by atoms with Gasteiger partial charge in [-0.15, -0.1) is 0 Å². The second kappa shape index (κ2) is 10.2. The average molecular weight is 400 g/mol. The predicted octanol–water partition coefficient (Wildman–Crippen LogP) is 3.24. The lowest BCUT2D eigenvalue weighted by Gasteiger charge is -2.32. The maximum absolute atomic E-state index is 12.2. The molecule has 1 aliphatic heterocycles. The lowest BCUT2D eigenvalue weighted by atomic mass is 10.0. The molecule has 2 amide bonds. The first-order valence-electron chi connectivity index (χ1n) is 9.70. The Morgan fingerprint density at radius 3 is 2.39 bits per heavy atom. The molecule has 0 aromatic heterocycles. The lowest BCUT2D eigenvalue weighted by Crippen LogP contribution is -2.45. The van der Waals surface area contributed by atoms with Crippen LogP contribution in [-0.4, -0.2) is 42.4 Å². The van der Waals surface area contributed by atoms with E-state index in [9.17, 15) is 9.59 Å². The topological polar surface area (TPSA) is 61.4 Å². The van der Waals surface area contributed by atoms with Crippen LogP contribution in [-0.2, 0) is 11.3 Å². The Morgan fingerprint density at radius 2 is 1.68 bits per heavy atom. The van der Waals surface area contributed by atoms with Gasteiger partial charge in [0.1, 0.15) is 0 Å².